The molecule has 5 heteroatoms. The van der Waals surface area contributed by atoms with Crippen molar-refractivity contribution in [2.75, 3.05) is 5.75 Å². The van der Waals surface area contributed by atoms with Crippen LogP contribution in [0.2, 0.25) is 0 Å². The van der Waals surface area contributed by atoms with E-state index in [1.54, 1.807) is 19.9 Å². The molecule has 0 aliphatic carbocycles. The Hall–Kier alpha value is -1.38. The Bertz CT molecular complexity index is 489. The molecule has 1 aromatic carbocycles. The van der Waals surface area contributed by atoms with Gasteiger partial charge in [0.25, 0.3) is 0 Å². The summed E-state index contributed by atoms with van der Waals surface area (Å²) in [6.07, 6.45) is 0. The number of hydrogen-bond acceptors (Lipinski definition) is 3. The minimum absolute atomic E-state index is 0.159. The summed E-state index contributed by atoms with van der Waals surface area (Å²) in [5, 5.41) is 8.54. The third-order valence-corrected chi connectivity index (χ3v) is 4.12. The maximum Gasteiger partial charge on any atom is 0.228 e. The summed E-state index contributed by atoms with van der Waals surface area (Å²) in [5.41, 5.74) is 0.919. The lowest BCUT2D eigenvalue weighted by molar-refractivity contribution is 0.349. The Morgan fingerprint density at radius 1 is 1.29 bits per heavy atom. The van der Waals surface area contributed by atoms with E-state index in [2.05, 4.69) is 0 Å². The predicted molar refractivity (Wildman–Crippen MR) is 66.5 cm³/mol. The Morgan fingerprint density at radius 3 is 2.35 bits per heavy atom. The first-order valence-electron chi connectivity index (χ1n) is 5.38. The summed E-state index contributed by atoms with van der Waals surface area (Å²) < 4.78 is 25.1. The first-order chi connectivity index (χ1) is 7.97. The Labute approximate surface area is 103 Å². The molecule has 0 saturated carbocycles. The lowest BCUT2D eigenvalue weighted by Crippen LogP contribution is -2.37. The molecule has 0 spiro atoms. The third kappa shape index (κ3) is 3.84. The van der Waals surface area contributed by atoms with E-state index >= 15 is 0 Å². The van der Waals surface area contributed by atoms with Crippen LogP contribution in [-0.2, 0) is 16.6 Å². The normalized spacial score (nSPS) is 11.7. The van der Waals surface area contributed by atoms with Crippen molar-refractivity contribution in [3.05, 3.63) is 35.9 Å². The minimum atomic E-state index is -3.50. The fourth-order valence-electron chi connectivity index (χ4n) is 1.53. The van der Waals surface area contributed by atoms with Crippen LogP contribution in [0.25, 0.3) is 0 Å². The van der Waals surface area contributed by atoms with Gasteiger partial charge in [0.05, 0.1) is 6.07 Å². The quantitative estimate of drug-likeness (QED) is 0.802. The molecule has 0 saturated heterocycles. The lowest BCUT2D eigenvalue weighted by atomic mass is 10.2. The van der Waals surface area contributed by atoms with Crippen LogP contribution in [-0.4, -0.2) is 24.5 Å². The van der Waals surface area contributed by atoms with Crippen molar-refractivity contribution in [3.63, 3.8) is 0 Å². The van der Waals surface area contributed by atoms with Gasteiger partial charge in [-0.25, -0.2) is 8.42 Å². The molecule has 0 unspecified atom stereocenters. The van der Waals surface area contributed by atoms with E-state index in [1.165, 1.54) is 4.31 Å². The fourth-order valence-corrected chi connectivity index (χ4v) is 2.85. The summed E-state index contributed by atoms with van der Waals surface area (Å²) >= 11 is 0. The molecule has 0 radical (unpaired) electrons. The predicted octanol–water partition coefficient (Wildman–Crippen LogP) is 1.75. The Balaban J connectivity index is 2.93. The van der Waals surface area contributed by atoms with Crippen LogP contribution in [0.4, 0.5) is 0 Å². The molecule has 92 valence electrons. The van der Waals surface area contributed by atoms with Crippen molar-refractivity contribution in [1.29, 1.82) is 5.26 Å². The zero-order chi connectivity index (χ0) is 12.9. The summed E-state index contributed by atoms with van der Waals surface area (Å²) in [4.78, 5) is 0. The van der Waals surface area contributed by atoms with E-state index in [0.717, 1.165) is 5.56 Å². The van der Waals surface area contributed by atoms with Crippen LogP contribution >= 0.6 is 0 Å². The summed E-state index contributed by atoms with van der Waals surface area (Å²) in [5.74, 6) is -0.474. The van der Waals surface area contributed by atoms with Crippen molar-refractivity contribution in [3.8, 4) is 6.07 Å². The zero-order valence-corrected chi connectivity index (χ0v) is 10.8. The first kappa shape index (κ1) is 13.7. The van der Waals surface area contributed by atoms with Crippen LogP contribution in [0.1, 0.15) is 19.4 Å². The minimum Gasteiger partial charge on any atom is -0.211 e. The highest BCUT2D eigenvalue weighted by Crippen LogP contribution is 2.13. The largest absolute Gasteiger partial charge is 0.228 e. The second kappa shape index (κ2) is 5.80. The molecule has 0 heterocycles. The average molecular weight is 252 g/mol. The van der Waals surface area contributed by atoms with E-state index in [1.807, 2.05) is 30.3 Å². The van der Waals surface area contributed by atoms with Gasteiger partial charge in [0.15, 0.2) is 5.75 Å². The molecule has 0 N–H and O–H groups in total. The molecule has 0 aromatic heterocycles. The standard InChI is InChI=1S/C12H16N2O2S/c1-11(2)14(17(15,16)9-8-13)10-12-6-4-3-5-7-12/h3-7,11H,9-10H2,1-2H3. The Morgan fingerprint density at radius 2 is 1.88 bits per heavy atom. The van der Waals surface area contributed by atoms with Gasteiger partial charge in [-0.2, -0.15) is 9.57 Å². The second-order valence-electron chi connectivity index (χ2n) is 4.04. The van der Waals surface area contributed by atoms with Crippen LogP contribution in [0.15, 0.2) is 30.3 Å². The maximum absolute atomic E-state index is 11.9. The van der Waals surface area contributed by atoms with Gasteiger partial charge in [-0.15, -0.1) is 0 Å². The molecule has 0 aliphatic rings. The van der Waals surface area contributed by atoms with Crippen LogP contribution in [0.3, 0.4) is 0 Å². The first-order valence-corrected chi connectivity index (χ1v) is 6.98. The highest BCUT2D eigenvalue weighted by atomic mass is 32.2. The average Bonchev–Trinajstić information content (AvgIpc) is 2.26. The SMILES string of the molecule is CC(C)N(Cc1ccccc1)S(=O)(=O)CC#N. The molecule has 0 atom stereocenters. The van der Waals surface area contributed by atoms with Crippen LogP contribution in [0.5, 0.6) is 0 Å². The molecule has 4 nitrogen and oxygen atoms in total. The summed E-state index contributed by atoms with van der Waals surface area (Å²) in [6.45, 7) is 3.91. The molecule has 0 aliphatic heterocycles. The fraction of sp³-hybridized carbons (Fsp3) is 0.417. The molecular weight excluding hydrogens is 236 g/mol. The third-order valence-electron chi connectivity index (χ3n) is 2.36. The van der Waals surface area contributed by atoms with E-state index < -0.39 is 15.8 Å². The van der Waals surface area contributed by atoms with Gasteiger partial charge in [-0.05, 0) is 19.4 Å². The molecule has 0 amide bonds. The zero-order valence-electron chi connectivity index (χ0n) is 10.00. The van der Waals surface area contributed by atoms with E-state index in [4.69, 9.17) is 5.26 Å². The number of nitriles is 1. The van der Waals surface area contributed by atoms with E-state index in [-0.39, 0.29) is 6.04 Å². The molecular formula is C12H16N2O2S. The summed E-state index contributed by atoms with van der Waals surface area (Å²) in [6, 6.07) is 10.9. The van der Waals surface area contributed by atoms with Crippen molar-refractivity contribution < 1.29 is 8.42 Å². The molecule has 17 heavy (non-hydrogen) atoms. The van der Waals surface area contributed by atoms with Gasteiger partial charge >= 0.3 is 0 Å². The number of benzene rings is 1. The van der Waals surface area contributed by atoms with Gasteiger partial charge in [0.1, 0.15) is 0 Å². The van der Waals surface area contributed by atoms with Gasteiger partial charge in [-0.1, -0.05) is 30.3 Å². The van der Waals surface area contributed by atoms with Crippen LogP contribution in [0, 0.1) is 11.3 Å². The summed E-state index contributed by atoms with van der Waals surface area (Å²) in [7, 11) is -3.50. The highest BCUT2D eigenvalue weighted by Gasteiger charge is 2.24. The molecule has 1 rings (SSSR count). The monoisotopic (exact) mass is 252 g/mol. The topological polar surface area (TPSA) is 61.2 Å². The number of rotatable bonds is 5. The van der Waals surface area contributed by atoms with Gasteiger partial charge in [-0.3, -0.25) is 0 Å². The van der Waals surface area contributed by atoms with E-state index in [0.29, 0.717) is 6.54 Å². The van der Waals surface area contributed by atoms with Crippen molar-refractivity contribution in [2.45, 2.75) is 26.4 Å². The van der Waals surface area contributed by atoms with Crippen LogP contribution < -0.4 is 0 Å². The van der Waals surface area contributed by atoms with Crippen molar-refractivity contribution in [2.24, 2.45) is 0 Å². The highest BCUT2D eigenvalue weighted by molar-refractivity contribution is 7.89. The van der Waals surface area contributed by atoms with Crippen molar-refractivity contribution in [1.82, 2.24) is 4.31 Å². The smallest absolute Gasteiger partial charge is 0.211 e. The van der Waals surface area contributed by atoms with E-state index in [9.17, 15) is 8.42 Å². The molecule has 0 fully saturated rings. The Kier molecular flexibility index (Phi) is 4.67. The molecule has 0 bridgehead atoms. The second-order valence-corrected chi connectivity index (χ2v) is 5.96. The van der Waals surface area contributed by atoms with Gasteiger partial charge < -0.3 is 0 Å². The molecule has 1 aromatic rings. The number of nitrogens with zero attached hydrogens (tertiary/aromatic N) is 2. The maximum atomic E-state index is 11.9. The number of hydrogen-bond donors (Lipinski definition) is 0. The number of sulfonamides is 1. The lowest BCUT2D eigenvalue weighted by Gasteiger charge is -2.24. The van der Waals surface area contributed by atoms with Crippen molar-refractivity contribution >= 4 is 10.0 Å². The van der Waals surface area contributed by atoms with Gasteiger partial charge in [0.2, 0.25) is 10.0 Å². The van der Waals surface area contributed by atoms with Gasteiger partial charge in [0, 0.05) is 12.6 Å².